The minimum absolute atomic E-state index is 0.250. The third-order valence-corrected chi connectivity index (χ3v) is 3.42. The van der Waals surface area contributed by atoms with Gasteiger partial charge in [-0.15, -0.1) is 0 Å². The van der Waals surface area contributed by atoms with E-state index < -0.39 is 0 Å². The predicted octanol–water partition coefficient (Wildman–Crippen LogP) is 3.42. The Kier molecular flexibility index (Phi) is 5.36. The lowest BCUT2D eigenvalue weighted by Gasteiger charge is -2.12. The summed E-state index contributed by atoms with van der Waals surface area (Å²) in [7, 11) is 0. The fourth-order valence-electron chi connectivity index (χ4n) is 2.05. The molecule has 0 aliphatic carbocycles. The lowest BCUT2D eigenvalue weighted by atomic mass is 10.1. The quantitative estimate of drug-likeness (QED) is 0.889. The molecule has 2 rings (SSSR count). The number of benzene rings is 1. The number of carbonyl (C=O) groups is 1. The highest BCUT2D eigenvalue weighted by atomic mass is 16.5. The van der Waals surface area contributed by atoms with E-state index in [1.54, 1.807) is 6.20 Å². The molecule has 1 aromatic carbocycles. The van der Waals surface area contributed by atoms with Crippen LogP contribution in [0.3, 0.4) is 0 Å². The number of pyridine rings is 1. The first kappa shape index (κ1) is 15.8. The number of urea groups is 1. The molecule has 0 aliphatic rings. The first-order valence-corrected chi connectivity index (χ1v) is 7.29. The number of aryl methyl sites for hydroxylation is 1. The van der Waals surface area contributed by atoms with E-state index >= 15 is 0 Å². The fraction of sp³-hybridized carbons (Fsp3) is 0.294. The van der Waals surface area contributed by atoms with Gasteiger partial charge in [-0.25, -0.2) is 9.78 Å². The Morgan fingerprint density at radius 3 is 2.82 bits per heavy atom. The lowest BCUT2D eigenvalue weighted by Crippen LogP contribution is -2.28. The number of nitrogens with one attached hydrogen (secondary N) is 2. The van der Waals surface area contributed by atoms with Crippen molar-refractivity contribution >= 4 is 11.7 Å². The smallest absolute Gasteiger partial charge is 0.319 e. The van der Waals surface area contributed by atoms with Gasteiger partial charge < -0.3 is 15.4 Å². The number of amides is 2. The number of aromatic nitrogens is 1. The zero-order chi connectivity index (χ0) is 15.9. The van der Waals surface area contributed by atoms with Crippen molar-refractivity contribution < 1.29 is 9.53 Å². The van der Waals surface area contributed by atoms with E-state index in [1.165, 1.54) is 0 Å². The Bertz CT molecular complexity index is 656. The second-order valence-electron chi connectivity index (χ2n) is 4.96. The molecular formula is C17H21N3O2. The van der Waals surface area contributed by atoms with Gasteiger partial charge in [0.25, 0.3) is 0 Å². The van der Waals surface area contributed by atoms with Crippen LogP contribution < -0.4 is 15.4 Å². The second-order valence-corrected chi connectivity index (χ2v) is 4.96. The zero-order valence-corrected chi connectivity index (χ0v) is 13.1. The fourth-order valence-corrected chi connectivity index (χ4v) is 2.05. The summed E-state index contributed by atoms with van der Waals surface area (Å²) in [6, 6.07) is 9.28. The molecule has 0 unspecified atom stereocenters. The predicted molar refractivity (Wildman–Crippen MR) is 87.2 cm³/mol. The summed E-state index contributed by atoms with van der Waals surface area (Å²) < 4.78 is 5.44. The number of ether oxygens (including phenoxy) is 1. The zero-order valence-electron chi connectivity index (χ0n) is 13.1. The van der Waals surface area contributed by atoms with Crippen molar-refractivity contribution in [2.45, 2.75) is 27.3 Å². The molecule has 0 bridgehead atoms. The SMILES string of the molecule is CCOc1ncccc1CNC(=O)Nc1cccc(C)c1C. The molecule has 0 aliphatic heterocycles. The molecule has 0 saturated heterocycles. The summed E-state index contributed by atoms with van der Waals surface area (Å²) in [6.45, 7) is 6.80. The van der Waals surface area contributed by atoms with E-state index in [0.717, 1.165) is 22.4 Å². The number of hydrogen-bond acceptors (Lipinski definition) is 3. The highest BCUT2D eigenvalue weighted by Crippen LogP contribution is 2.18. The Morgan fingerprint density at radius 1 is 1.23 bits per heavy atom. The summed E-state index contributed by atoms with van der Waals surface area (Å²) in [5.74, 6) is 0.553. The van der Waals surface area contributed by atoms with Crippen molar-refractivity contribution in [2.75, 3.05) is 11.9 Å². The van der Waals surface area contributed by atoms with Crippen molar-refractivity contribution in [3.63, 3.8) is 0 Å². The van der Waals surface area contributed by atoms with E-state index in [2.05, 4.69) is 15.6 Å². The Morgan fingerprint density at radius 2 is 2.05 bits per heavy atom. The first-order chi connectivity index (χ1) is 10.6. The van der Waals surface area contributed by atoms with Gasteiger partial charge in [0.05, 0.1) is 6.61 Å². The molecule has 1 heterocycles. The van der Waals surface area contributed by atoms with Gasteiger partial charge in [-0.3, -0.25) is 0 Å². The monoisotopic (exact) mass is 299 g/mol. The molecule has 5 nitrogen and oxygen atoms in total. The highest BCUT2D eigenvalue weighted by molar-refractivity contribution is 5.90. The molecule has 116 valence electrons. The van der Waals surface area contributed by atoms with Gasteiger partial charge in [0.2, 0.25) is 5.88 Å². The average Bonchev–Trinajstić information content (AvgIpc) is 2.51. The highest BCUT2D eigenvalue weighted by Gasteiger charge is 2.08. The van der Waals surface area contributed by atoms with E-state index in [0.29, 0.717) is 19.0 Å². The minimum Gasteiger partial charge on any atom is -0.478 e. The molecule has 1 aromatic heterocycles. The van der Waals surface area contributed by atoms with Gasteiger partial charge in [0.15, 0.2) is 0 Å². The number of hydrogen-bond donors (Lipinski definition) is 2. The third-order valence-electron chi connectivity index (χ3n) is 3.42. The van der Waals surface area contributed by atoms with Crippen LogP contribution in [0.5, 0.6) is 5.88 Å². The minimum atomic E-state index is -0.250. The normalized spacial score (nSPS) is 10.1. The van der Waals surface area contributed by atoms with Crippen molar-refractivity contribution in [3.8, 4) is 5.88 Å². The number of rotatable bonds is 5. The van der Waals surface area contributed by atoms with E-state index in [4.69, 9.17) is 4.74 Å². The molecule has 0 atom stereocenters. The summed E-state index contributed by atoms with van der Waals surface area (Å²) in [5.41, 5.74) is 3.87. The van der Waals surface area contributed by atoms with Gasteiger partial charge in [-0.05, 0) is 44.0 Å². The van der Waals surface area contributed by atoms with Crippen LogP contribution in [0.25, 0.3) is 0 Å². The van der Waals surface area contributed by atoms with E-state index in [9.17, 15) is 4.79 Å². The maximum absolute atomic E-state index is 12.0. The van der Waals surface area contributed by atoms with Crippen LogP contribution in [0.4, 0.5) is 10.5 Å². The van der Waals surface area contributed by atoms with Gasteiger partial charge >= 0.3 is 6.03 Å². The number of anilines is 1. The van der Waals surface area contributed by atoms with Crippen molar-refractivity contribution in [2.24, 2.45) is 0 Å². The second kappa shape index (κ2) is 7.45. The van der Waals surface area contributed by atoms with E-state index in [-0.39, 0.29) is 6.03 Å². The van der Waals surface area contributed by atoms with Crippen LogP contribution in [0.1, 0.15) is 23.6 Å². The van der Waals surface area contributed by atoms with Gasteiger partial charge in [-0.1, -0.05) is 18.2 Å². The Hall–Kier alpha value is -2.56. The van der Waals surface area contributed by atoms with E-state index in [1.807, 2.05) is 51.1 Å². The Balaban J connectivity index is 1.97. The maximum atomic E-state index is 12.0. The number of nitrogens with zero attached hydrogens (tertiary/aromatic N) is 1. The van der Waals surface area contributed by atoms with Crippen LogP contribution in [0.15, 0.2) is 36.5 Å². The van der Waals surface area contributed by atoms with Crippen molar-refractivity contribution in [3.05, 3.63) is 53.2 Å². The van der Waals surface area contributed by atoms with Crippen molar-refractivity contribution in [1.82, 2.24) is 10.3 Å². The van der Waals surface area contributed by atoms with Gasteiger partial charge in [-0.2, -0.15) is 0 Å². The molecule has 0 spiro atoms. The largest absolute Gasteiger partial charge is 0.478 e. The summed E-state index contributed by atoms with van der Waals surface area (Å²) in [6.07, 6.45) is 1.67. The molecule has 0 radical (unpaired) electrons. The molecule has 2 aromatic rings. The summed E-state index contributed by atoms with van der Waals surface area (Å²) in [4.78, 5) is 16.2. The third kappa shape index (κ3) is 3.97. The van der Waals surface area contributed by atoms with Crippen molar-refractivity contribution in [1.29, 1.82) is 0 Å². The summed E-state index contributed by atoms with van der Waals surface area (Å²) in [5, 5.41) is 5.68. The lowest BCUT2D eigenvalue weighted by molar-refractivity contribution is 0.251. The van der Waals surface area contributed by atoms with Crippen LogP contribution in [0, 0.1) is 13.8 Å². The number of carbonyl (C=O) groups excluding carboxylic acids is 1. The Labute approximate surface area is 130 Å². The molecule has 22 heavy (non-hydrogen) atoms. The van der Waals surface area contributed by atoms with Crippen LogP contribution in [0.2, 0.25) is 0 Å². The molecule has 2 N–H and O–H groups in total. The molecule has 2 amide bonds. The topological polar surface area (TPSA) is 63.2 Å². The molecule has 0 saturated carbocycles. The molecule has 0 fully saturated rings. The van der Waals surface area contributed by atoms with Gasteiger partial charge in [0.1, 0.15) is 0 Å². The average molecular weight is 299 g/mol. The van der Waals surface area contributed by atoms with Crippen LogP contribution in [-0.4, -0.2) is 17.6 Å². The van der Waals surface area contributed by atoms with Crippen LogP contribution in [-0.2, 0) is 6.54 Å². The van der Waals surface area contributed by atoms with Crippen LogP contribution >= 0.6 is 0 Å². The maximum Gasteiger partial charge on any atom is 0.319 e. The van der Waals surface area contributed by atoms with Gasteiger partial charge in [0, 0.05) is 24.0 Å². The standard InChI is InChI=1S/C17H21N3O2/c1-4-22-16-14(8-6-10-18-16)11-19-17(21)20-15-9-5-7-12(2)13(15)3/h5-10H,4,11H2,1-3H3,(H2,19,20,21). The summed E-state index contributed by atoms with van der Waals surface area (Å²) >= 11 is 0. The molecule has 5 heteroatoms. The molecular weight excluding hydrogens is 278 g/mol. The first-order valence-electron chi connectivity index (χ1n) is 7.29.